The molecule has 3 heteroatoms. The molecule has 0 spiro atoms. The number of para-hydroxylation sites is 2. The highest BCUT2D eigenvalue weighted by Gasteiger charge is 2.08. The maximum Gasteiger partial charge on any atom is 0.138 e. The summed E-state index contributed by atoms with van der Waals surface area (Å²) in [5.41, 5.74) is 4.26. The molecule has 3 rings (SSSR count). The van der Waals surface area contributed by atoms with E-state index in [1.165, 1.54) is 0 Å². The van der Waals surface area contributed by atoms with Gasteiger partial charge in [-0.05, 0) is 37.1 Å². The third-order valence-electron chi connectivity index (χ3n) is 3.61. The first-order valence-electron chi connectivity index (χ1n) is 7.46. The first-order chi connectivity index (χ1) is 10.3. The lowest BCUT2D eigenvalue weighted by molar-refractivity contribution is 0.307. The van der Waals surface area contributed by atoms with Crippen molar-refractivity contribution in [2.24, 2.45) is 0 Å². The smallest absolute Gasteiger partial charge is 0.138 e. The van der Waals surface area contributed by atoms with Crippen LogP contribution in [0.4, 0.5) is 0 Å². The Labute approximate surface area is 125 Å². The van der Waals surface area contributed by atoms with Crippen LogP contribution in [0.2, 0.25) is 0 Å². The molecule has 0 unspecified atom stereocenters. The number of ether oxygens (including phenoxy) is 1. The average molecular weight is 280 g/mol. The van der Waals surface area contributed by atoms with Gasteiger partial charge in [0, 0.05) is 5.56 Å². The Morgan fingerprint density at radius 3 is 2.81 bits per heavy atom. The molecule has 0 aliphatic heterocycles. The molecule has 0 aliphatic carbocycles. The number of hydrogen-bond donors (Lipinski definition) is 1. The summed E-state index contributed by atoms with van der Waals surface area (Å²) >= 11 is 0. The monoisotopic (exact) mass is 280 g/mol. The molecular formula is C18H20N2O. The molecule has 1 heterocycles. The highest BCUT2D eigenvalue weighted by Crippen LogP contribution is 2.27. The third kappa shape index (κ3) is 2.92. The van der Waals surface area contributed by atoms with Crippen LogP contribution in [-0.4, -0.2) is 16.6 Å². The van der Waals surface area contributed by atoms with E-state index < -0.39 is 0 Å². The maximum absolute atomic E-state index is 5.87. The molecule has 0 fully saturated rings. The number of aromatic nitrogens is 2. The minimum absolute atomic E-state index is 0.765. The second-order valence-electron chi connectivity index (χ2n) is 5.28. The molecule has 2 aromatic carbocycles. The molecule has 1 N–H and O–H groups in total. The van der Waals surface area contributed by atoms with E-state index in [2.05, 4.69) is 42.0 Å². The van der Waals surface area contributed by atoms with E-state index in [0.29, 0.717) is 0 Å². The summed E-state index contributed by atoms with van der Waals surface area (Å²) in [5.74, 6) is 1.83. The normalized spacial score (nSPS) is 11.0. The van der Waals surface area contributed by atoms with Crippen molar-refractivity contribution in [1.29, 1.82) is 0 Å². The number of aryl methyl sites for hydroxylation is 1. The van der Waals surface area contributed by atoms with E-state index in [9.17, 15) is 0 Å². The SMILES string of the molecule is CCCCOc1cc(-c2nc3ccccc3[nH]2)ccc1C. The van der Waals surface area contributed by atoms with Crippen molar-refractivity contribution in [3.05, 3.63) is 48.0 Å². The lowest BCUT2D eigenvalue weighted by Gasteiger charge is -2.09. The average Bonchev–Trinajstić information content (AvgIpc) is 2.93. The number of benzene rings is 2. The van der Waals surface area contributed by atoms with Gasteiger partial charge in [0.2, 0.25) is 0 Å². The summed E-state index contributed by atoms with van der Waals surface area (Å²) in [5, 5.41) is 0. The van der Waals surface area contributed by atoms with E-state index in [1.807, 2.05) is 24.3 Å². The van der Waals surface area contributed by atoms with Gasteiger partial charge in [-0.15, -0.1) is 0 Å². The zero-order valence-electron chi connectivity index (χ0n) is 12.5. The number of H-pyrrole nitrogens is 1. The van der Waals surface area contributed by atoms with E-state index in [-0.39, 0.29) is 0 Å². The van der Waals surface area contributed by atoms with Crippen molar-refractivity contribution in [1.82, 2.24) is 9.97 Å². The van der Waals surface area contributed by atoms with Gasteiger partial charge >= 0.3 is 0 Å². The summed E-state index contributed by atoms with van der Waals surface area (Å²) in [6, 6.07) is 14.3. The molecule has 0 amide bonds. The number of hydrogen-bond acceptors (Lipinski definition) is 2. The molecule has 0 bridgehead atoms. The van der Waals surface area contributed by atoms with Gasteiger partial charge in [-0.2, -0.15) is 0 Å². The molecule has 0 radical (unpaired) electrons. The Kier molecular flexibility index (Phi) is 3.91. The topological polar surface area (TPSA) is 37.9 Å². The molecule has 0 saturated heterocycles. The van der Waals surface area contributed by atoms with Crippen molar-refractivity contribution in [2.45, 2.75) is 26.7 Å². The third-order valence-corrected chi connectivity index (χ3v) is 3.61. The molecule has 3 aromatic rings. The van der Waals surface area contributed by atoms with Crippen LogP contribution in [0, 0.1) is 6.92 Å². The molecule has 0 atom stereocenters. The van der Waals surface area contributed by atoms with E-state index >= 15 is 0 Å². The number of unbranched alkanes of at least 4 members (excludes halogenated alkanes) is 1. The number of imidazole rings is 1. The molecule has 21 heavy (non-hydrogen) atoms. The van der Waals surface area contributed by atoms with Crippen LogP contribution in [0.25, 0.3) is 22.4 Å². The van der Waals surface area contributed by atoms with Crippen LogP contribution < -0.4 is 4.74 Å². The standard InChI is InChI=1S/C18H20N2O/c1-3-4-11-21-17-12-14(10-9-13(17)2)18-19-15-7-5-6-8-16(15)20-18/h5-10,12H,3-4,11H2,1-2H3,(H,19,20). The van der Waals surface area contributed by atoms with Crippen LogP contribution in [-0.2, 0) is 0 Å². The number of nitrogens with one attached hydrogen (secondary N) is 1. The second kappa shape index (κ2) is 6.00. The van der Waals surface area contributed by atoms with Crippen LogP contribution in [0.5, 0.6) is 5.75 Å². The van der Waals surface area contributed by atoms with Crippen LogP contribution >= 0.6 is 0 Å². The zero-order chi connectivity index (χ0) is 14.7. The number of fused-ring (bicyclic) bond motifs is 1. The van der Waals surface area contributed by atoms with Gasteiger partial charge in [0.15, 0.2) is 0 Å². The number of aromatic amines is 1. The summed E-state index contributed by atoms with van der Waals surface area (Å²) < 4.78 is 5.87. The second-order valence-corrected chi connectivity index (χ2v) is 5.28. The predicted molar refractivity (Wildman–Crippen MR) is 86.7 cm³/mol. The highest BCUT2D eigenvalue weighted by atomic mass is 16.5. The van der Waals surface area contributed by atoms with Gasteiger partial charge in [-0.1, -0.05) is 37.6 Å². The predicted octanol–water partition coefficient (Wildman–Crippen LogP) is 4.72. The summed E-state index contributed by atoms with van der Waals surface area (Å²) in [4.78, 5) is 8.00. The Morgan fingerprint density at radius 1 is 1.14 bits per heavy atom. The lowest BCUT2D eigenvalue weighted by Crippen LogP contribution is -1.98. The van der Waals surface area contributed by atoms with Gasteiger partial charge < -0.3 is 9.72 Å². The molecule has 0 saturated carbocycles. The molecule has 108 valence electrons. The highest BCUT2D eigenvalue weighted by molar-refractivity contribution is 5.79. The summed E-state index contributed by atoms with van der Waals surface area (Å²) in [6.07, 6.45) is 2.22. The first-order valence-corrected chi connectivity index (χ1v) is 7.46. The minimum atomic E-state index is 0.765. The fourth-order valence-corrected chi connectivity index (χ4v) is 2.32. The molecular weight excluding hydrogens is 260 g/mol. The Balaban J connectivity index is 1.92. The van der Waals surface area contributed by atoms with Crippen molar-refractivity contribution in [3.63, 3.8) is 0 Å². The van der Waals surface area contributed by atoms with Gasteiger partial charge in [0.1, 0.15) is 11.6 Å². The minimum Gasteiger partial charge on any atom is -0.493 e. The lowest BCUT2D eigenvalue weighted by atomic mass is 10.1. The van der Waals surface area contributed by atoms with E-state index in [4.69, 9.17) is 4.74 Å². The Bertz CT molecular complexity index is 713. The van der Waals surface area contributed by atoms with Gasteiger partial charge in [-0.3, -0.25) is 0 Å². The van der Waals surface area contributed by atoms with Crippen molar-refractivity contribution >= 4 is 11.0 Å². The quantitative estimate of drug-likeness (QED) is 0.687. The summed E-state index contributed by atoms with van der Waals surface area (Å²) in [7, 11) is 0. The fraction of sp³-hybridized carbons (Fsp3) is 0.278. The zero-order valence-corrected chi connectivity index (χ0v) is 12.5. The van der Waals surface area contributed by atoms with Crippen LogP contribution in [0.3, 0.4) is 0 Å². The van der Waals surface area contributed by atoms with Crippen LogP contribution in [0.1, 0.15) is 25.3 Å². The van der Waals surface area contributed by atoms with Gasteiger partial charge in [0.05, 0.1) is 17.6 Å². The molecule has 1 aromatic heterocycles. The van der Waals surface area contributed by atoms with Gasteiger partial charge in [0.25, 0.3) is 0 Å². The van der Waals surface area contributed by atoms with Gasteiger partial charge in [-0.25, -0.2) is 4.98 Å². The van der Waals surface area contributed by atoms with Crippen LogP contribution in [0.15, 0.2) is 42.5 Å². The number of rotatable bonds is 5. The Morgan fingerprint density at radius 2 is 2.00 bits per heavy atom. The molecule has 3 nitrogen and oxygen atoms in total. The Hall–Kier alpha value is -2.29. The van der Waals surface area contributed by atoms with Crippen molar-refractivity contribution in [3.8, 4) is 17.1 Å². The number of nitrogens with zero attached hydrogens (tertiary/aromatic N) is 1. The van der Waals surface area contributed by atoms with E-state index in [1.54, 1.807) is 0 Å². The van der Waals surface area contributed by atoms with E-state index in [0.717, 1.165) is 53.2 Å². The fourth-order valence-electron chi connectivity index (χ4n) is 2.32. The first kappa shape index (κ1) is 13.7. The summed E-state index contributed by atoms with van der Waals surface area (Å²) in [6.45, 7) is 5.01. The largest absolute Gasteiger partial charge is 0.493 e. The van der Waals surface area contributed by atoms with Crippen molar-refractivity contribution < 1.29 is 4.74 Å². The molecule has 0 aliphatic rings. The maximum atomic E-state index is 5.87. The van der Waals surface area contributed by atoms with Crippen molar-refractivity contribution in [2.75, 3.05) is 6.61 Å².